The van der Waals surface area contributed by atoms with E-state index in [9.17, 15) is 9.59 Å². The Bertz CT molecular complexity index is 974. The quantitative estimate of drug-likeness (QED) is 0.448. The number of hydrogen-bond donors (Lipinski definition) is 2. The van der Waals surface area contributed by atoms with Crippen molar-refractivity contribution >= 4 is 23.2 Å². The molecule has 0 saturated heterocycles. The fraction of sp³-hybridized carbons (Fsp3) is 0.160. The minimum atomic E-state index is -0.481. The van der Waals surface area contributed by atoms with Gasteiger partial charge < -0.3 is 5.32 Å². The summed E-state index contributed by atoms with van der Waals surface area (Å²) in [5.74, 6) is -0.909. The first kappa shape index (κ1) is 21.0. The average Bonchev–Trinajstić information content (AvgIpc) is 2.75. The van der Waals surface area contributed by atoms with Gasteiger partial charge in [-0.2, -0.15) is 5.10 Å². The van der Waals surface area contributed by atoms with E-state index >= 15 is 0 Å². The number of hydrogen-bond acceptors (Lipinski definition) is 3. The third kappa shape index (κ3) is 5.88. The number of nitrogens with one attached hydrogen (secondary N) is 2. The smallest absolute Gasteiger partial charge is 0.252 e. The number of amides is 2. The Morgan fingerprint density at radius 2 is 1.37 bits per heavy atom. The van der Waals surface area contributed by atoms with Gasteiger partial charge in [0.15, 0.2) is 0 Å². The van der Waals surface area contributed by atoms with Gasteiger partial charge >= 0.3 is 0 Å². The van der Waals surface area contributed by atoms with Crippen molar-refractivity contribution in [1.29, 1.82) is 0 Å². The Labute approximate surface area is 176 Å². The van der Waals surface area contributed by atoms with Gasteiger partial charge in [0.25, 0.3) is 5.91 Å². The number of carbonyl (C=O) groups excluding carboxylic acids is 2. The molecule has 3 rings (SSSR count). The Morgan fingerprint density at radius 3 is 1.90 bits per heavy atom. The number of nitrogens with zero attached hydrogens (tertiary/aromatic N) is 1. The molecule has 0 saturated carbocycles. The summed E-state index contributed by atoms with van der Waals surface area (Å²) in [6.45, 7) is 3.71. The van der Waals surface area contributed by atoms with Crippen LogP contribution in [-0.2, 0) is 9.59 Å². The average molecular weight is 399 g/mol. The third-order valence-corrected chi connectivity index (χ3v) is 4.64. The molecular weight excluding hydrogens is 374 g/mol. The molecule has 0 aromatic heterocycles. The molecule has 3 aromatic rings. The number of rotatable bonds is 7. The molecule has 5 nitrogen and oxygen atoms in total. The zero-order valence-corrected chi connectivity index (χ0v) is 17.1. The zero-order valence-electron chi connectivity index (χ0n) is 17.1. The van der Waals surface area contributed by atoms with Crippen LogP contribution in [-0.4, -0.2) is 17.5 Å². The molecule has 152 valence electrons. The van der Waals surface area contributed by atoms with E-state index in [0.29, 0.717) is 5.71 Å². The maximum absolute atomic E-state index is 12.9. The molecule has 0 fully saturated rings. The summed E-state index contributed by atoms with van der Waals surface area (Å²) in [5.41, 5.74) is 6.76. The standard InChI is InChI=1S/C25H25N3O2/c1-18-13-15-22(16-14-18)26-23(29)17-19(2)27-28-25(30)24(20-9-5-3-6-10-20)21-11-7-4-8-12-21/h3-16,24H,17H2,1-2H3,(H,26,29)(H,28,30)/b27-19-. The molecule has 0 aliphatic carbocycles. The highest BCUT2D eigenvalue weighted by atomic mass is 16.2. The van der Waals surface area contributed by atoms with Gasteiger partial charge in [-0.25, -0.2) is 5.43 Å². The van der Waals surface area contributed by atoms with Gasteiger partial charge in [-0.15, -0.1) is 0 Å². The molecule has 0 bridgehead atoms. The summed E-state index contributed by atoms with van der Waals surface area (Å²) < 4.78 is 0. The van der Waals surface area contributed by atoms with Gasteiger partial charge in [-0.3, -0.25) is 9.59 Å². The molecule has 0 heterocycles. The van der Waals surface area contributed by atoms with Crippen LogP contribution < -0.4 is 10.7 Å². The summed E-state index contributed by atoms with van der Waals surface area (Å²) in [6, 6.07) is 26.7. The van der Waals surface area contributed by atoms with Gasteiger partial charge in [0.2, 0.25) is 5.91 Å². The number of hydrazone groups is 1. The van der Waals surface area contributed by atoms with E-state index in [1.165, 1.54) is 0 Å². The molecular formula is C25H25N3O2. The predicted molar refractivity (Wildman–Crippen MR) is 120 cm³/mol. The van der Waals surface area contributed by atoms with Gasteiger partial charge in [-0.05, 0) is 37.1 Å². The molecule has 5 heteroatoms. The van der Waals surface area contributed by atoms with Crippen molar-refractivity contribution in [3.8, 4) is 0 Å². The SMILES string of the molecule is C/C(CC(=O)Nc1ccc(C)cc1)=N/NC(=O)C(c1ccccc1)c1ccccc1. The molecule has 0 radical (unpaired) electrons. The summed E-state index contributed by atoms with van der Waals surface area (Å²) >= 11 is 0. The van der Waals surface area contributed by atoms with Crippen molar-refractivity contribution in [2.24, 2.45) is 5.10 Å². The first-order valence-electron chi connectivity index (χ1n) is 9.82. The second-order valence-electron chi connectivity index (χ2n) is 7.17. The van der Waals surface area contributed by atoms with Crippen molar-refractivity contribution in [3.63, 3.8) is 0 Å². The van der Waals surface area contributed by atoms with E-state index < -0.39 is 5.92 Å². The summed E-state index contributed by atoms with van der Waals surface area (Å²) in [4.78, 5) is 25.2. The Kier molecular flexibility index (Phi) is 7.11. The lowest BCUT2D eigenvalue weighted by Crippen LogP contribution is -2.27. The van der Waals surface area contributed by atoms with Crippen molar-refractivity contribution < 1.29 is 9.59 Å². The lowest BCUT2D eigenvalue weighted by atomic mass is 9.91. The van der Waals surface area contributed by atoms with Crippen molar-refractivity contribution in [2.75, 3.05) is 5.32 Å². The van der Waals surface area contributed by atoms with Crippen LogP contribution in [0.25, 0.3) is 0 Å². The van der Waals surface area contributed by atoms with Crippen molar-refractivity contribution in [3.05, 3.63) is 102 Å². The van der Waals surface area contributed by atoms with Crippen molar-refractivity contribution in [1.82, 2.24) is 5.43 Å². The minimum Gasteiger partial charge on any atom is -0.326 e. The van der Waals surface area contributed by atoms with Crippen LogP contribution in [0.4, 0.5) is 5.69 Å². The molecule has 0 aliphatic rings. The fourth-order valence-corrected chi connectivity index (χ4v) is 3.12. The van der Waals surface area contributed by atoms with Crippen LogP contribution in [0.5, 0.6) is 0 Å². The van der Waals surface area contributed by atoms with Crippen LogP contribution in [0.1, 0.15) is 36.0 Å². The highest BCUT2D eigenvalue weighted by Gasteiger charge is 2.22. The van der Waals surface area contributed by atoms with Gasteiger partial charge in [0.05, 0.1) is 12.3 Å². The topological polar surface area (TPSA) is 70.6 Å². The van der Waals surface area contributed by atoms with Crippen molar-refractivity contribution in [2.45, 2.75) is 26.2 Å². The maximum atomic E-state index is 12.9. The maximum Gasteiger partial charge on any atom is 0.252 e. The summed E-state index contributed by atoms with van der Waals surface area (Å²) in [7, 11) is 0. The summed E-state index contributed by atoms with van der Waals surface area (Å²) in [6.07, 6.45) is 0.0928. The monoisotopic (exact) mass is 399 g/mol. The number of benzene rings is 3. The van der Waals surface area contributed by atoms with Crippen LogP contribution in [0.15, 0.2) is 90.0 Å². The molecule has 0 atom stereocenters. The number of carbonyl (C=O) groups is 2. The van der Waals surface area contributed by atoms with E-state index in [-0.39, 0.29) is 18.2 Å². The second-order valence-corrected chi connectivity index (χ2v) is 7.17. The van der Waals surface area contributed by atoms with Crippen LogP contribution in [0.2, 0.25) is 0 Å². The fourth-order valence-electron chi connectivity index (χ4n) is 3.12. The van der Waals surface area contributed by atoms with E-state index in [0.717, 1.165) is 22.4 Å². The van der Waals surface area contributed by atoms with Crippen LogP contribution in [0, 0.1) is 6.92 Å². The van der Waals surface area contributed by atoms with E-state index in [2.05, 4.69) is 15.8 Å². The lowest BCUT2D eigenvalue weighted by Gasteiger charge is -2.16. The highest BCUT2D eigenvalue weighted by molar-refractivity contribution is 6.05. The minimum absolute atomic E-state index is 0.0928. The Morgan fingerprint density at radius 1 is 0.833 bits per heavy atom. The van der Waals surface area contributed by atoms with Crippen LogP contribution >= 0.6 is 0 Å². The molecule has 0 unspecified atom stereocenters. The predicted octanol–water partition coefficient (Wildman–Crippen LogP) is 4.65. The molecule has 2 amide bonds. The summed E-state index contributed by atoms with van der Waals surface area (Å²) in [5, 5.41) is 6.98. The first-order valence-corrected chi connectivity index (χ1v) is 9.82. The largest absolute Gasteiger partial charge is 0.326 e. The van der Waals surface area contributed by atoms with E-state index in [1.54, 1.807) is 6.92 Å². The van der Waals surface area contributed by atoms with Gasteiger partial charge in [0.1, 0.15) is 0 Å². The highest BCUT2D eigenvalue weighted by Crippen LogP contribution is 2.24. The van der Waals surface area contributed by atoms with Gasteiger partial charge in [-0.1, -0.05) is 78.4 Å². The van der Waals surface area contributed by atoms with E-state index in [4.69, 9.17) is 0 Å². The zero-order chi connectivity index (χ0) is 21.3. The molecule has 2 N–H and O–H groups in total. The van der Waals surface area contributed by atoms with Gasteiger partial charge in [0, 0.05) is 11.4 Å². The Balaban J connectivity index is 1.65. The Hall–Kier alpha value is -3.73. The first-order chi connectivity index (χ1) is 14.5. The lowest BCUT2D eigenvalue weighted by molar-refractivity contribution is -0.121. The molecule has 0 spiro atoms. The molecule has 30 heavy (non-hydrogen) atoms. The molecule has 3 aromatic carbocycles. The number of aryl methyl sites for hydroxylation is 1. The normalized spacial score (nSPS) is 11.2. The molecule has 0 aliphatic heterocycles. The third-order valence-electron chi connectivity index (χ3n) is 4.64. The van der Waals surface area contributed by atoms with Crippen LogP contribution in [0.3, 0.4) is 0 Å². The number of anilines is 1. The second kappa shape index (κ2) is 10.2. The van der Waals surface area contributed by atoms with E-state index in [1.807, 2.05) is 91.9 Å².